The summed E-state index contributed by atoms with van der Waals surface area (Å²) in [6.07, 6.45) is -8.08. The smallest absolute Gasteiger partial charge is 0.418 e. The van der Waals surface area contributed by atoms with Crippen LogP contribution in [-0.4, -0.2) is 68.9 Å². The van der Waals surface area contributed by atoms with Gasteiger partial charge in [0, 0.05) is 13.1 Å². The first-order valence-corrected chi connectivity index (χ1v) is 7.85. The predicted octanol–water partition coefficient (Wildman–Crippen LogP) is 1.05. The quantitative estimate of drug-likeness (QED) is 0.755. The lowest BCUT2D eigenvalue weighted by atomic mass is 10.1. The molecule has 0 aromatic carbocycles. The molecule has 1 rings (SSSR count). The van der Waals surface area contributed by atoms with Crippen LogP contribution in [0.5, 0.6) is 0 Å². The van der Waals surface area contributed by atoms with E-state index in [1.807, 2.05) is 0 Å². The zero-order valence-corrected chi connectivity index (χ0v) is 12.0. The number of hydrogen-bond donors (Lipinski definition) is 1. The van der Waals surface area contributed by atoms with Gasteiger partial charge in [-0.25, -0.2) is 4.79 Å². The van der Waals surface area contributed by atoms with E-state index in [4.69, 9.17) is 9.84 Å². The van der Waals surface area contributed by atoms with Crippen LogP contribution in [-0.2, 0) is 19.0 Å². The molecular weight excluding hydrogens is 319 g/mol. The highest BCUT2D eigenvalue weighted by atomic mass is 32.2. The third-order valence-electron chi connectivity index (χ3n) is 2.85. The Kier molecular flexibility index (Phi) is 5.82. The first-order chi connectivity index (χ1) is 9.49. The summed E-state index contributed by atoms with van der Waals surface area (Å²) in [6.45, 7) is -0.637. The van der Waals surface area contributed by atoms with E-state index in [9.17, 15) is 26.4 Å². The maximum absolute atomic E-state index is 12.6. The number of nitrogens with zero attached hydrogens (tertiary/aromatic N) is 1. The van der Waals surface area contributed by atoms with Gasteiger partial charge in [0.25, 0.3) is 10.1 Å². The molecule has 124 valence electrons. The second-order valence-electron chi connectivity index (χ2n) is 4.63. The van der Waals surface area contributed by atoms with Crippen molar-refractivity contribution in [3.05, 3.63) is 0 Å². The predicted molar refractivity (Wildman–Crippen MR) is 64.3 cm³/mol. The number of amides is 1. The topological polar surface area (TPSA) is 93.1 Å². The van der Waals surface area contributed by atoms with E-state index in [0.717, 1.165) is 4.90 Å². The zero-order valence-electron chi connectivity index (χ0n) is 11.2. The van der Waals surface area contributed by atoms with Crippen LogP contribution in [0.2, 0.25) is 0 Å². The van der Waals surface area contributed by atoms with E-state index < -0.39 is 41.2 Å². The number of halogens is 3. The fraction of sp³-hybridized carbons (Fsp3) is 0.900. The van der Waals surface area contributed by atoms with Crippen LogP contribution in [0.3, 0.4) is 0 Å². The fourth-order valence-electron chi connectivity index (χ4n) is 1.83. The van der Waals surface area contributed by atoms with Gasteiger partial charge in [-0.1, -0.05) is 0 Å². The van der Waals surface area contributed by atoms with E-state index in [1.54, 1.807) is 0 Å². The number of rotatable bonds is 5. The molecule has 1 unspecified atom stereocenters. The lowest BCUT2D eigenvalue weighted by Crippen LogP contribution is -2.43. The molecule has 0 aliphatic carbocycles. The van der Waals surface area contributed by atoms with Gasteiger partial charge in [0.2, 0.25) is 0 Å². The Bertz CT molecular complexity index is 458. The summed E-state index contributed by atoms with van der Waals surface area (Å²) in [6, 6.07) is 0. The van der Waals surface area contributed by atoms with E-state index in [2.05, 4.69) is 4.18 Å². The molecule has 1 atom stereocenters. The lowest BCUT2D eigenvalue weighted by Gasteiger charge is -2.31. The van der Waals surface area contributed by atoms with E-state index in [1.165, 1.54) is 0 Å². The molecule has 1 amide bonds. The Morgan fingerprint density at radius 2 is 1.90 bits per heavy atom. The third kappa shape index (κ3) is 6.48. The molecule has 1 fully saturated rings. The van der Waals surface area contributed by atoms with E-state index in [-0.39, 0.29) is 25.9 Å². The summed E-state index contributed by atoms with van der Waals surface area (Å²) >= 11 is 0. The highest BCUT2D eigenvalue weighted by Crippen LogP contribution is 2.25. The number of alkyl halides is 3. The Morgan fingerprint density at radius 3 is 2.29 bits per heavy atom. The fourth-order valence-corrected chi connectivity index (χ4v) is 2.41. The first kappa shape index (κ1) is 18.0. The average molecular weight is 335 g/mol. The van der Waals surface area contributed by atoms with Crippen LogP contribution in [0.4, 0.5) is 18.0 Å². The van der Waals surface area contributed by atoms with E-state index >= 15 is 0 Å². The first-order valence-electron chi connectivity index (χ1n) is 6.03. The normalized spacial score (nSPS) is 19.5. The summed E-state index contributed by atoms with van der Waals surface area (Å²) in [4.78, 5) is 11.8. The number of hydrogen-bond acceptors (Lipinski definition) is 5. The number of ether oxygens (including phenoxy) is 1. The van der Waals surface area contributed by atoms with Gasteiger partial charge in [0.1, 0.15) is 0 Å². The largest absolute Gasteiger partial charge is 0.465 e. The van der Waals surface area contributed by atoms with Crippen molar-refractivity contribution in [1.29, 1.82) is 0 Å². The summed E-state index contributed by atoms with van der Waals surface area (Å²) in [7, 11) is -4.27. The second kappa shape index (κ2) is 6.79. The standard InChI is InChI=1S/C10H16F3NO6S/c1-21(17,18)20-8(10(11,12)13)6-19-7-2-4-14(5-3-7)9(15)16/h7-8H,2-6H2,1H3,(H,15,16). The molecule has 11 heteroatoms. The van der Waals surface area contributed by atoms with Crippen molar-refractivity contribution in [1.82, 2.24) is 4.90 Å². The molecule has 0 saturated carbocycles. The van der Waals surface area contributed by atoms with Gasteiger partial charge in [-0.3, -0.25) is 4.18 Å². The van der Waals surface area contributed by atoms with Crippen molar-refractivity contribution >= 4 is 16.2 Å². The Morgan fingerprint density at radius 1 is 1.38 bits per heavy atom. The van der Waals surface area contributed by atoms with Crippen LogP contribution in [0, 0.1) is 0 Å². The molecule has 1 aliphatic heterocycles. The van der Waals surface area contributed by atoms with Crippen molar-refractivity contribution in [2.45, 2.75) is 31.2 Å². The average Bonchev–Trinajstić information content (AvgIpc) is 2.32. The van der Waals surface area contributed by atoms with Gasteiger partial charge < -0.3 is 14.7 Å². The number of likely N-dealkylation sites (tertiary alicyclic amines) is 1. The SMILES string of the molecule is CS(=O)(=O)OC(COC1CCN(C(=O)O)CC1)C(F)(F)F. The molecule has 0 aromatic rings. The second-order valence-corrected chi connectivity index (χ2v) is 6.23. The minimum absolute atomic E-state index is 0.156. The van der Waals surface area contributed by atoms with Gasteiger partial charge in [-0.05, 0) is 12.8 Å². The van der Waals surface area contributed by atoms with Gasteiger partial charge in [0.05, 0.1) is 19.0 Å². The van der Waals surface area contributed by atoms with Gasteiger partial charge >= 0.3 is 12.3 Å². The Labute approximate surface area is 119 Å². The summed E-state index contributed by atoms with van der Waals surface area (Å²) < 4.78 is 68.5. The van der Waals surface area contributed by atoms with Gasteiger partial charge in [0.15, 0.2) is 6.10 Å². The van der Waals surface area contributed by atoms with Crippen LogP contribution >= 0.6 is 0 Å². The lowest BCUT2D eigenvalue weighted by molar-refractivity contribution is -0.212. The minimum atomic E-state index is -4.87. The third-order valence-corrected chi connectivity index (χ3v) is 3.43. The van der Waals surface area contributed by atoms with Crippen molar-refractivity contribution in [3.8, 4) is 0 Å². The van der Waals surface area contributed by atoms with Crippen molar-refractivity contribution in [3.63, 3.8) is 0 Å². The molecule has 0 aromatic heterocycles. The van der Waals surface area contributed by atoms with Gasteiger partial charge in [-0.2, -0.15) is 21.6 Å². The molecule has 1 aliphatic rings. The molecule has 0 radical (unpaired) electrons. The van der Waals surface area contributed by atoms with Crippen LogP contribution < -0.4 is 0 Å². The number of carboxylic acid groups (broad SMARTS) is 1. The van der Waals surface area contributed by atoms with Crippen molar-refractivity contribution in [2.24, 2.45) is 0 Å². The highest BCUT2D eigenvalue weighted by molar-refractivity contribution is 7.86. The minimum Gasteiger partial charge on any atom is -0.465 e. The molecule has 1 N–H and O–H groups in total. The molecule has 0 bridgehead atoms. The van der Waals surface area contributed by atoms with Crippen LogP contribution in [0.25, 0.3) is 0 Å². The number of carbonyl (C=O) groups is 1. The summed E-state index contributed by atoms with van der Waals surface area (Å²) in [5.41, 5.74) is 0. The zero-order chi connectivity index (χ0) is 16.3. The maximum Gasteiger partial charge on any atom is 0.418 e. The van der Waals surface area contributed by atoms with Crippen molar-refractivity contribution < 1.29 is 40.4 Å². The molecule has 1 saturated heterocycles. The van der Waals surface area contributed by atoms with Gasteiger partial charge in [-0.15, -0.1) is 0 Å². The Hall–Kier alpha value is -1.07. The highest BCUT2D eigenvalue weighted by Gasteiger charge is 2.43. The van der Waals surface area contributed by atoms with E-state index in [0.29, 0.717) is 6.26 Å². The summed E-state index contributed by atoms with van der Waals surface area (Å²) in [5, 5.41) is 8.73. The summed E-state index contributed by atoms with van der Waals surface area (Å²) in [5.74, 6) is 0. The molecule has 7 nitrogen and oxygen atoms in total. The molecule has 21 heavy (non-hydrogen) atoms. The monoisotopic (exact) mass is 335 g/mol. The molecule has 0 spiro atoms. The maximum atomic E-state index is 12.6. The molecular formula is C10H16F3NO6S. The van der Waals surface area contributed by atoms with Crippen molar-refractivity contribution in [2.75, 3.05) is 26.0 Å². The number of piperidine rings is 1. The van der Waals surface area contributed by atoms with Crippen LogP contribution in [0.15, 0.2) is 0 Å². The Balaban J connectivity index is 2.49. The molecule has 1 heterocycles. The van der Waals surface area contributed by atoms with Crippen LogP contribution in [0.1, 0.15) is 12.8 Å².